The van der Waals surface area contributed by atoms with E-state index in [1.54, 1.807) is 0 Å². The van der Waals surface area contributed by atoms with Crippen molar-refractivity contribution < 1.29 is 0 Å². The largest absolute Gasteiger partial charge is 0.282 e. The first-order valence-corrected chi connectivity index (χ1v) is 5.57. The summed E-state index contributed by atoms with van der Waals surface area (Å²) in [5.41, 5.74) is 4.17. The van der Waals surface area contributed by atoms with E-state index in [0.29, 0.717) is 0 Å². The Morgan fingerprint density at radius 1 is 1.21 bits per heavy atom. The summed E-state index contributed by atoms with van der Waals surface area (Å²) in [6.45, 7) is 11.1. The number of aromatic amines is 1. The zero-order valence-electron chi connectivity index (χ0n) is 10.1. The molecule has 0 amide bonds. The average Bonchev–Trinajstić information content (AvgIpc) is 2.47. The van der Waals surface area contributed by atoms with Gasteiger partial charge in [-0.1, -0.05) is 41.0 Å². The highest BCUT2D eigenvalue weighted by Gasteiger charge is 2.22. The van der Waals surface area contributed by atoms with E-state index in [-0.39, 0.29) is 5.41 Å². The topological polar surface area (TPSA) is 28.7 Å². The van der Waals surface area contributed by atoms with E-state index in [1.807, 2.05) is 0 Å². The molecule has 0 aliphatic carbocycles. The second kappa shape index (κ2) is 4.16. The Bertz CT molecular complexity index is 292. The van der Waals surface area contributed by atoms with Crippen LogP contribution in [0, 0.1) is 0 Å². The van der Waals surface area contributed by atoms with Crippen molar-refractivity contribution in [1.29, 1.82) is 0 Å². The molecule has 1 rings (SSSR count). The molecule has 1 aromatic heterocycles. The van der Waals surface area contributed by atoms with Gasteiger partial charge in [0.15, 0.2) is 0 Å². The Balaban J connectivity index is 3.10. The minimum Gasteiger partial charge on any atom is -0.282 e. The molecule has 0 saturated heterocycles. The lowest BCUT2D eigenvalue weighted by Crippen LogP contribution is -2.14. The molecule has 0 aliphatic heterocycles. The van der Waals surface area contributed by atoms with E-state index in [9.17, 15) is 0 Å². The third-order valence-electron chi connectivity index (χ3n) is 2.52. The van der Waals surface area contributed by atoms with Gasteiger partial charge in [-0.3, -0.25) is 5.10 Å². The molecule has 0 unspecified atom stereocenters. The van der Waals surface area contributed by atoms with Gasteiger partial charge in [-0.2, -0.15) is 5.10 Å². The standard InChI is InChI=1S/C12H22N2/c1-6-8-9-10(7-2)13-14-11(9)12(3,4)5/h6-8H2,1-5H3,(H,13,14). The molecule has 0 fully saturated rings. The minimum absolute atomic E-state index is 0.161. The van der Waals surface area contributed by atoms with Gasteiger partial charge in [0.25, 0.3) is 0 Å². The Kier molecular flexibility index (Phi) is 3.35. The van der Waals surface area contributed by atoms with E-state index in [1.165, 1.54) is 23.4 Å². The average molecular weight is 194 g/mol. The molecule has 0 bridgehead atoms. The van der Waals surface area contributed by atoms with Crippen LogP contribution in [0.1, 0.15) is 58.0 Å². The lowest BCUT2D eigenvalue weighted by Gasteiger charge is -2.17. The fraction of sp³-hybridized carbons (Fsp3) is 0.750. The molecule has 14 heavy (non-hydrogen) atoms. The molecule has 0 aliphatic rings. The summed E-state index contributed by atoms with van der Waals surface area (Å²) in [6, 6.07) is 0. The number of hydrogen-bond acceptors (Lipinski definition) is 1. The second-order valence-electron chi connectivity index (χ2n) is 4.88. The predicted molar refractivity (Wildman–Crippen MR) is 60.7 cm³/mol. The number of H-pyrrole nitrogens is 1. The van der Waals surface area contributed by atoms with Crippen LogP contribution in [-0.2, 0) is 18.3 Å². The number of aryl methyl sites for hydroxylation is 1. The normalized spacial score (nSPS) is 12.1. The number of nitrogens with zero attached hydrogens (tertiary/aromatic N) is 1. The number of rotatable bonds is 3. The first-order chi connectivity index (χ1) is 6.50. The van der Waals surface area contributed by atoms with Crippen LogP contribution in [0.5, 0.6) is 0 Å². The van der Waals surface area contributed by atoms with E-state index < -0.39 is 0 Å². The zero-order chi connectivity index (χ0) is 10.8. The maximum atomic E-state index is 4.45. The lowest BCUT2D eigenvalue weighted by atomic mass is 9.87. The van der Waals surface area contributed by atoms with Crippen LogP contribution in [0.25, 0.3) is 0 Å². The molecule has 0 radical (unpaired) electrons. The van der Waals surface area contributed by atoms with Gasteiger partial charge in [-0.25, -0.2) is 0 Å². The fourth-order valence-electron chi connectivity index (χ4n) is 1.83. The Labute approximate surface area is 87.1 Å². The molecule has 0 aromatic carbocycles. The van der Waals surface area contributed by atoms with Gasteiger partial charge in [0, 0.05) is 11.1 Å². The maximum Gasteiger partial charge on any atom is 0.0710 e. The third kappa shape index (κ3) is 2.17. The molecule has 2 nitrogen and oxygen atoms in total. The van der Waals surface area contributed by atoms with Gasteiger partial charge in [0.2, 0.25) is 0 Å². The molecular weight excluding hydrogens is 172 g/mol. The number of aromatic nitrogens is 2. The second-order valence-corrected chi connectivity index (χ2v) is 4.88. The molecule has 0 saturated carbocycles. The van der Waals surface area contributed by atoms with Gasteiger partial charge >= 0.3 is 0 Å². The maximum absolute atomic E-state index is 4.45. The molecule has 0 atom stereocenters. The Morgan fingerprint density at radius 2 is 1.86 bits per heavy atom. The fourth-order valence-corrected chi connectivity index (χ4v) is 1.83. The molecule has 1 aromatic rings. The first-order valence-electron chi connectivity index (χ1n) is 5.57. The van der Waals surface area contributed by atoms with Gasteiger partial charge in [-0.15, -0.1) is 0 Å². The highest BCUT2D eigenvalue weighted by molar-refractivity contribution is 5.30. The molecule has 1 N–H and O–H groups in total. The number of nitrogens with one attached hydrogen (secondary N) is 1. The summed E-state index contributed by atoms with van der Waals surface area (Å²) < 4.78 is 0. The Morgan fingerprint density at radius 3 is 2.29 bits per heavy atom. The van der Waals surface area contributed by atoms with Crippen molar-refractivity contribution in [1.82, 2.24) is 10.2 Å². The third-order valence-corrected chi connectivity index (χ3v) is 2.52. The van der Waals surface area contributed by atoms with Crippen molar-refractivity contribution >= 4 is 0 Å². The quantitative estimate of drug-likeness (QED) is 0.786. The Hall–Kier alpha value is -0.790. The highest BCUT2D eigenvalue weighted by atomic mass is 15.1. The molecular formula is C12H22N2. The predicted octanol–water partition coefficient (Wildman–Crippen LogP) is 3.22. The smallest absolute Gasteiger partial charge is 0.0710 e. The van der Waals surface area contributed by atoms with Gasteiger partial charge in [0.1, 0.15) is 0 Å². The SMILES string of the molecule is CCCc1c(C(C)(C)C)n[nH]c1CC. The van der Waals surface area contributed by atoms with E-state index in [4.69, 9.17) is 0 Å². The van der Waals surface area contributed by atoms with E-state index >= 15 is 0 Å². The molecule has 0 spiro atoms. The van der Waals surface area contributed by atoms with Gasteiger partial charge in [-0.05, 0) is 18.4 Å². The van der Waals surface area contributed by atoms with Crippen LogP contribution in [-0.4, -0.2) is 10.2 Å². The summed E-state index contributed by atoms with van der Waals surface area (Å²) in [7, 11) is 0. The molecule has 2 heteroatoms. The van der Waals surface area contributed by atoms with Crippen molar-refractivity contribution in [2.75, 3.05) is 0 Å². The van der Waals surface area contributed by atoms with E-state index in [0.717, 1.165) is 12.8 Å². The van der Waals surface area contributed by atoms with Crippen molar-refractivity contribution in [2.24, 2.45) is 0 Å². The summed E-state index contributed by atoms with van der Waals surface area (Å²) in [5.74, 6) is 0. The monoisotopic (exact) mass is 194 g/mol. The minimum atomic E-state index is 0.161. The van der Waals surface area contributed by atoms with Crippen LogP contribution < -0.4 is 0 Å². The highest BCUT2D eigenvalue weighted by Crippen LogP contribution is 2.26. The van der Waals surface area contributed by atoms with Gasteiger partial charge < -0.3 is 0 Å². The van der Waals surface area contributed by atoms with Crippen molar-refractivity contribution in [2.45, 2.75) is 59.3 Å². The van der Waals surface area contributed by atoms with Crippen molar-refractivity contribution in [3.63, 3.8) is 0 Å². The van der Waals surface area contributed by atoms with Crippen molar-refractivity contribution in [3.05, 3.63) is 17.0 Å². The van der Waals surface area contributed by atoms with Crippen LogP contribution in [0.3, 0.4) is 0 Å². The van der Waals surface area contributed by atoms with Crippen LogP contribution in [0.15, 0.2) is 0 Å². The first kappa shape index (κ1) is 11.3. The van der Waals surface area contributed by atoms with Gasteiger partial charge in [0.05, 0.1) is 5.69 Å². The van der Waals surface area contributed by atoms with Crippen LogP contribution >= 0.6 is 0 Å². The summed E-state index contributed by atoms with van der Waals surface area (Å²) in [6.07, 6.45) is 3.39. The van der Waals surface area contributed by atoms with Crippen LogP contribution in [0.2, 0.25) is 0 Å². The number of hydrogen-bond donors (Lipinski definition) is 1. The summed E-state index contributed by atoms with van der Waals surface area (Å²) in [5, 5.41) is 7.62. The summed E-state index contributed by atoms with van der Waals surface area (Å²) in [4.78, 5) is 0. The zero-order valence-corrected chi connectivity index (χ0v) is 10.1. The summed E-state index contributed by atoms with van der Waals surface area (Å²) >= 11 is 0. The lowest BCUT2D eigenvalue weighted by molar-refractivity contribution is 0.559. The van der Waals surface area contributed by atoms with Crippen LogP contribution in [0.4, 0.5) is 0 Å². The molecule has 80 valence electrons. The molecule has 1 heterocycles. The van der Waals surface area contributed by atoms with E-state index in [2.05, 4.69) is 44.8 Å². The van der Waals surface area contributed by atoms with Crippen molar-refractivity contribution in [3.8, 4) is 0 Å².